The molecule has 0 spiro atoms. The molecule has 0 aliphatic carbocycles. The van der Waals surface area contributed by atoms with Crippen molar-refractivity contribution in [3.63, 3.8) is 0 Å². The van der Waals surface area contributed by atoms with Gasteiger partial charge in [-0.15, -0.1) is 0 Å². The summed E-state index contributed by atoms with van der Waals surface area (Å²) in [5.74, 6) is 0.132. The number of ether oxygens (including phenoxy) is 1. The van der Waals surface area contributed by atoms with Gasteiger partial charge in [-0.05, 0) is 56.9 Å². The van der Waals surface area contributed by atoms with Crippen molar-refractivity contribution in [1.82, 2.24) is 9.88 Å². The summed E-state index contributed by atoms with van der Waals surface area (Å²) < 4.78 is 5.54. The van der Waals surface area contributed by atoms with Crippen molar-refractivity contribution in [2.45, 2.75) is 45.6 Å². The van der Waals surface area contributed by atoms with E-state index in [0.29, 0.717) is 23.7 Å². The molecule has 1 atom stereocenters. The van der Waals surface area contributed by atoms with E-state index in [1.807, 2.05) is 24.0 Å². The number of aromatic nitrogens is 1. The van der Waals surface area contributed by atoms with Crippen molar-refractivity contribution < 1.29 is 14.3 Å². The standard InChI is InChI=1S/C22H27N3O3/c1-3-16-10-7-8-15-25(16)22(27)19-13-9-12-18(23-19)21(26)24-17-11-5-6-14-20(17)28-4-2/h5-6,9,11-14,16H,3-4,7-8,10,15H2,1-2H3,(H,24,26). The van der Waals surface area contributed by atoms with E-state index >= 15 is 0 Å². The highest BCUT2D eigenvalue weighted by Crippen LogP contribution is 2.24. The van der Waals surface area contributed by atoms with Crippen LogP contribution in [0.2, 0.25) is 0 Å². The monoisotopic (exact) mass is 381 g/mol. The molecule has 1 aromatic carbocycles. The first-order valence-corrected chi connectivity index (χ1v) is 9.95. The summed E-state index contributed by atoms with van der Waals surface area (Å²) in [7, 11) is 0. The van der Waals surface area contributed by atoms with Crippen LogP contribution in [0, 0.1) is 0 Å². The van der Waals surface area contributed by atoms with E-state index in [1.165, 1.54) is 0 Å². The highest BCUT2D eigenvalue weighted by molar-refractivity contribution is 6.04. The molecule has 2 amide bonds. The molecular weight excluding hydrogens is 354 g/mol. The van der Waals surface area contributed by atoms with E-state index in [2.05, 4.69) is 17.2 Å². The van der Waals surface area contributed by atoms with Crippen LogP contribution in [0.1, 0.15) is 60.5 Å². The van der Waals surface area contributed by atoms with Crippen molar-refractivity contribution in [2.75, 3.05) is 18.5 Å². The van der Waals surface area contributed by atoms with E-state index in [-0.39, 0.29) is 23.6 Å². The van der Waals surface area contributed by atoms with Gasteiger partial charge in [0.15, 0.2) is 0 Å². The SMILES string of the molecule is CCOc1ccccc1NC(=O)c1cccc(C(=O)N2CCCCC2CC)n1. The molecular formula is C22H27N3O3. The average molecular weight is 381 g/mol. The zero-order valence-corrected chi connectivity index (χ0v) is 16.5. The van der Waals surface area contributed by atoms with Crippen molar-refractivity contribution in [1.29, 1.82) is 0 Å². The Morgan fingerprint density at radius 2 is 1.89 bits per heavy atom. The molecule has 148 valence electrons. The third kappa shape index (κ3) is 4.50. The lowest BCUT2D eigenvalue weighted by atomic mass is 9.99. The first kappa shape index (κ1) is 19.9. The van der Waals surface area contributed by atoms with Gasteiger partial charge < -0.3 is 15.0 Å². The summed E-state index contributed by atoms with van der Waals surface area (Å²) in [6.45, 7) is 5.24. The molecule has 1 aliphatic rings. The van der Waals surface area contributed by atoms with Gasteiger partial charge in [-0.25, -0.2) is 4.98 Å². The highest BCUT2D eigenvalue weighted by atomic mass is 16.5. The molecule has 2 aromatic rings. The van der Waals surface area contributed by atoms with E-state index < -0.39 is 0 Å². The predicted molar refractivity (Wildman–Crippen MR) is 109 cm³/mol. The number of pyridine rings is 1. The van der Waals surface area contributed by atoms with Crippen molar-refractivity contribution in [3.05, 3.63) is 53.9 Å². The Bertz CT molecular complexity index is 837. The summed E-state index contributed by atoms with van der Waals surface area (Å²) in [6, 6.07) is 12.5. The molecule has 0 bridgehead atoms. The summed E-state index contributed by atoms with van der Waals surface area (Å²) in [5.41, 5.74) is 1.10. The Morgan fingerprint density at radius 3 is 2.68 bits per heavy atom. The number of hydrogen-bond donors (Lipinski definition) is 1. The van der Waals surface area contributed by atoms with Gasteiger partial charge in [0.25, 0.3) is 11.8 Å². The van der Waals surface area contributed by atoms with Crippen LogP contribution in [0.15, 0.2) is 42.5 Å². The van der Waals surface area contributed by atoms with Crippen LogP contribution in [0.25, 0.3) is 0 Å². The smallest absolute Gasteiger partial charge is 0.274 e. The minimum Gasteiger partial charge on any atom is -0.492 e. The predicted octanol–water partition coefficient (Wildman–Crippen LogP) is 4.14. The fourth-order valence-corrected chi connectivity index (χ4v) is 3.56. The molecule has 2 heterocycles. The minimum atomic E-state index is -0.368. The van der Waals surface area contributed by atoms with Crippen LogP contribution < -0.4 is 10.1 Å². The molecule has 6 heteroatoms. The Balaban J connectivity index is 1.77. The van der Waals surface area contributed by atoms with Crippen LogP contribution >= 0.6 is 0 Å². The number of rotatable bonds is 6. The Labute approximate surface area is 165 Å². The van der Waals surface area contributed by atoms with E-state index in [9.17, 15) is 9.59 Å². The summed E-state index contributed by atoms with van der Waals surface area (Å²) in [6.07, 6.45) is 4.12. The van der Waals surface area contributed by atoms with Gasteiger partial charge in [-0.1, -0.05) is 25.1 Å². The number of nitrogens with zero attached hydrogens (tertiary/aromatic N) is 2. The second kappa shape index (κ2) is 9.35. The van der Waals surface area contributed by atoms with Crippen molar-refractivity contribution >= 4 is 17.5 Å². The largest absolute Gasteiger partial charge is 0.492 e. The third-order valence-corrected chi connectivity index (χ3v) is 5.00. The van der Waals surface area contributed by atoms with Crippen LogP contribution in [0.5, 0.6) is 5.75 Å². The Hall–Kier alpha value is -2.89. The normalized spacial score (nSPS) is 16.5. The molecule has 1 unspecified atom stereocenters. The van der Waals surface area contributed by atoms with Crippen LogP contribution in [0.4, 0.5) is 5.69 Å². The molecule has 1 fully saturated rings. The van der Waals surface area contributed by atoms with Gasteiger partial charge in [0, 0.05) is 12.6 Å². The fraction of sp³-hybridized carbons (Fsp3) is 0.409. The maximum Gasteiger partial charge on any atom is 0.274 e. The lowest BCUT2D eigenvalue weighted by molar-refractivity contribution is 0.0602. The number of anilines is 1. The molecule has 6 nitrogen and oxygen atoms in total. The second-order valence-corrected chi connectivity index (χ2v) is 6.85. The molecule has 1 aliphatic heterocycles. The highest BCUT2D eigenvalue weighted by Gasteiger charge is 2.27. The number of carbonyl (C=O) groups is 2. The number of amides is 2. The number of likely N-dealkylation sites (tertiary alicyclic amines) is 1. The number of benzene rings is 1. The van der Waals surface area contributed by atoms with Gasteiger partial charge in [-0.2, -0.15) is 0 Å². The minimum absolute atomic E-state index is 0.101. The summed E-state index contributed by atoms with van der Waals surface area (Å²) in [5, 5.41) is 2.83. The van der Waals surface area contributed by atoms with E-state index in [1.54, 1.807) is 30.3 Å². The molecule has 0 radical (unpaired) electrons. The van der Waals surface area contributed by atoms with Crippen molar-refractivity contribution in [2.24, 2.45) is 0 Å². The number of carbonyl (C=O) groups excluding carboxylic acids is 2. The quantitative estimate of drug-likeness (QED) is 0.816. The molecule has 1 N–H and O–H groups in total. The molecule has 28 heavy (non-hydrogen) atoms. The average Bonchev–Trinajstić information content (AvgIpc) is 2.74. The van der Waals surface area contributed by atoms with Crippen LogP contribution in [0.3, 0.4) is 0 Å². The Morgan fingerprint density at radius 1 is 1.11 bits per heavy atom. The topological polar surface area (TPSA) is 71.5 Å². The Kier molecular flexibility index (Phi) is 6.63. The third-order valence-electron chi connectivity index (χ3n) is 5.00. The van der Waals surface area contributed by atoms with Crippen LogP contribution in [-0.2, 0) is 0 Å². The molecule has 3 rings (SSSR count). The first-order valence-electron chi connectivity index (χ1n) is 9.95. The number of para-hydroxylation sites is 2. The van der Waals surface area contributed by atoms with E-state index in [4.69, 9.17) is 4.74 Å². The summed E-state index contributed by atoms with van der Waals surface area (Å²) in [4.78, 5) is 31.9. The maximum absolute atomic E-state index is 13.0. The zero-order chi connectivity index (χ0) is 19.9. The molecule has 1 aromatic heterocycles. The van der Waals surface area contributed by atoms with Crippen LogP contribution in [-0.4, -0.2) is 40.9 Å². The second-order valence-electron chi connectivity index (χ2n) is 6.85. The first-order chi connectivity index (χ1) is 13.6. The molecule has 0 saturated carbocycles. The summed E-state index contributed by atoms with van der Waals surface area (Å²) >= 11 is 0. The number of nitrogens with one attached hydrogen (secondary N) is 1. The van der Waals surface area contributed by atoms with Gasteiger partial charge in [-0.3, -0.25) is 9.59 Å². The number of hydrogen-bond acceptors (Lipinski definition) is 4. The fourth-order valence-electron chi connectivity index (χ4n) is 3.56. The maximum atomic E-state index is 13.0. The van der Waals surface area contributed by atoms with Gasteiger partial charge in [0.05, 0.1) is 12.3 Å². The lowest BCUT2D eigenvalue weighted by Gasteiger charge is -2.35. The van der Waals surface area contributed by atoms with Crippen molar-refractivity contribution in [3.8, 4) is 5.75 Å². The number of piperidine rings is 1. The lowest BCUT2D eigenvalue weighted by Crippen LogP contribution is -2.43. The zero-order valence-electron chi connectivity index (χ0n) is 16.5. The van der Waals surface area contributed by atoms with E-state index in [0.717, 1.165) is 32.2 Å². The molecule has 1 saturated heterocycles. The van der Waals surface area contributed by atoms with Gasteiger partial charge in [0.2, 0.25) is 0 Å². The van der Waals surface area contributed by atoms with Gasteiger partial charge >= 0.3 is 0 Å². The van der Waals surface area contributed by atoms with Gasteiger partial charge in [0.1, 0.15) is 17.1 Å².